The van der Waals surface area contributed by atoms with E-state index in [4.69, 9.17) is 9.47 Å². The van der Waals surface area contributed by atoms with Crippen LogP contribution in [0.1, 0.15) is 17.2 Å². The molecule has 9 nitrogen and oxygen atoms in total. The van der Waals surface area contributed by atoms with E-state index in [0.29, 0.717) is 17.1 Å². The summed E-state index contributed by atoms with van der Waals surface area (Å²) in [6.45, 7) is 0.299. The minimum absolute atomic E-state index is 0.0295. The highest BCUT2D eigenvalue weighted by Gasteiger charge is 2.46. The zero-order valence-corrected chi connectivity index (χ0v) is 22.0. The molecule has 1 saturated heterocycles. The lowest BCUT2D eigenvalue weighted by atomic mass is 9.95. The van der Waals surface area contributed by atoms with Gasteiger partial charge in [-0.3, -0.25) is 9.59 Å². The van der Waals surface area contributed by atoms with Crippen molar-refractivity contribution in [2.45, 2.75) is 10.9 Å². The molecule has 198 valence electrons. The Bertz CT molecular complexity index is 1470. The predicted octanol–water partition coefficient (Wildman–Crippen LogP) is 3.80. The van der Waals surface area contributed by atoms with Gasteiger partial charge >= 0.3 is 0 Å². The number of carbonyl (C=O) groups excluding carboxylic acids is 2. The molecule has 0 aliphatic carbocycles. The number of aliphatic hydroxyl groups is 1. The molecule has 0 radical (unpaired) electrons. The van der Waals surface area contributed by atoms with E-state index in [1.165, 1.54) is 50.4 Å². The third-order valence-electron chi connectivity index (χ3n) is 6.14. The molecule has 1 atom stereocenters. The minimum Gasteiger partial charge on any atom is -0.507 e. The number of hydrogen-bond acceptors (Lipinski definition) is 7. The quantitative estimate of drug-likeness (QED) is 0.251. The summed E-state index contributed by atoms with van der Waals surface area (Å²) in [4.78, 5) is 27.6. The van der Waals surface area contributed by atoms with Gasteiger partial charge in [0.2, 0.25) is 10.0 Å². The number of carbonyl (C=O) groups is 2. The first-order valence-corrected chi connectivity index (χ1v) is 13.2. The van der Waals surface area contributed by atoms with Crippen molar-refractivity contribution in [2.75, 3.05) is 34.4 Å². The summed E-state index contributed by atoms with van der Waals surface area (Å²) in [6, 6.07) is 20.7. The van der Waals surface area contributed by atoms with Gasteiger partial charge in [-0.15, -0.1) is 0 Å². The largest absolute Gasteiger partial charge is 0.507 e. The molecule has 4 rings (SSSR count). The lowest BCUT2D eigenvalue weighted by Gasteiger charge is -2.25. The van der Waals surface area contributed by atoms with E-state index in [-0.39, 0.29) is 29.2 Å². The number of methoxy groups -OCH3 is 1. The number of benzene rings is 3. The molecule has 0 saturated carbocycles. The van der Waals surface area contributed by atoms with E-state index in [1.54, 1.807) is 36.4 Å². The molecular weight excluding hydrogens is 508 g/mol. The highest BCUT2D eigenvalue weighted by molar-refractivity contribution is 7.89. The molecule has 0 unspecified atom stereocenters. The van der Waals surface area contributed by atoms with Crippen molar-refractivity contribution >= 4 is 27.5 Å². The highest BCUT2D eigenvalue weighted by Crippen LogP contribution is 2.40. The van der Waals surface area contributed by atoms with E-state index in [1.807, 2.05) is 18.2 Å². The first-order chi connectivity index (χ1) is 18.1. The molecule has 3 aromatic rings. The third-order valence-corrected chi connectivity index (χ3v) is 7.96. The number of nitrogens with zero attached hydrogens (tertiary/aromatic N) is 2. The maximum absolute atomic E-state index is 13.2. The van der Waals surface area contributed by atoms with Crippen molar-refractivity contribution in [1.29, 1.82) is 0 Å². The van der Waals surface area contributed by atoms with Crippen LogP contribution in [0.15, 0.2) is 89.3 Å². The maximum Gasteiger partial charge on any atom is 0.295 e. The van der Waals surface area contributed by atoms with Crippen LogP contribution in [-0.4, -0.2) is 68.8 Å². The van der Waals surface area contributed by atoms with Gasteiger partial charge in [0.25, 0.3) is 11.7 Å². The van der Waals surface area contributed by atoms with Crippen LogP contribution in [0.5, 0.6) is 11.5 Å². The van der Waals surface area contributed by atoms with Gasteiger partial charge in [0.1, 0.15) is 17.3 Å². The molecule has 1 amide bonds. The van der Waals surface area contributed by atoms with Gasteiger partial charge in [0.15, 0.2) is 0 Å². The molecule has 0 aromatic heterocycles. The summed E-state index contributed by atoms with van der Waals surface area (Å²) in [5.41, 5.74) is 0.655. The number of hydrogen-bond donors (Lipinski definition) is 1. The van der Waals surface area contributed by atoms with E-state index in [9.17, 15) is 23.1 Å². The SMILES string of the molecule is COCCN1C(=O)C(=O)C(=C(O)c2ccc(S(=O)(=O)N(C)C)cc2)[C@@H]1c1cccc(Oc2ccccc2)c1. The lowest BCUT2D eigenvalue weighted by Crippen LogP contribution is -2.32. The van der Waals surface area contributed by atoms with Crippen LogP contribution >= 0.6 is 0 Å². The normalized spacial score (nSPS) is 17.3. The van der Waals surface area contributed by atoms with Crippen molar-refractivity contribution in [2.24, 2.45) is 0 Å². The van der Waals surface area contributed by atoms with Gasteiger partial charge in [-0.1, -0.05) is 30.3 Å². The summed E-state index contributed by atoms with van der Waals surface area (Å²) in [7, 11) is 0.641. The molecule has 10 heteroatoms. The van der Waals surface area contributed by atoms with E-state index < -0.39 is 33.5 Å². The summed E-state index contributed by atoms with van der Waals surface area (Å²) in [6.07, 6.45) is 0. The van der Waals surface area contributed by atoms with Crippen LogP contribution in [0.2, 0.25) is 0 Å². The number of rotatable bonds is 9. The molecule has 3 aromatic carbocycles. The number of Topliss-reactive ketones (excluding diaryl/α,β-unsaturated/α-hetero) is 1. The van der Waals surface area contributed by atoms with Crippen LogP contribution < -0.4 is 4.74 Å². The first-order valence-electron chi connectivity index (χ1n) is 11.8. The zero-order chi connectivity index (χ0) is 27.4. The van der Waals surface area contributed by atoms with Crippen LogP contribution in [0, 0.1) is 0 Å². The van der Waals surface area contributed by atoms with Gasteiger partial charge < -0.3 is 19.5 Å². The van der Waals surface area contributed by atoms with Gasteiger partial charge in [0, 0.05) is 33.3 Å². The Balaban J connectivity index is 1.79. The molecular formula is C28H28N2O7S. The third kappa shape index (κ3) is 5.33. The topological polar surface area (TPSA) is 113 Å². The second-order valence-electron chi connectivity index (χ2n) is 8.78. The molecule has 1 aliphatic rings. The van der Waals surface area contributed by atoms with Crippen LogP contribution in [-0.2, 0) is 24.3 Å². The number of aliphatic hydroxyl groups excluding tert-OH is 1. The number of likely N-dealkylation sites (tertiary alicyclic amines) is 1. The Morgan fingerprint density at radius 2 is 1.61 bits per heavy atom. The van der Waals surface area contributed by atoms with Crippen LogP contribution in [0.4, 0.5) is 0 Å². The summed E-state index contributed by atoms with van der Waals surface area (Å²) in [5.74, 6) is -0.913. The van der Waals surface area contributed by atoms with Crippen LogP contribution in [0.3, 0.4) is 0 Å². The summed E-state index contributed by atoms with van der Waals surface area (Å²) >= 11 is 0. The number of ether oxygens (including phenoxy) is 2. The monoisotopic (exact) mass is 536 g/mol. The molecule has 1 aliphatic heterocycles. The van der Waals surface area contributed by atoms with E-state index >= 15 is 0 Å². The fourth-order valence-electron chi connectivity index (χ4n) is 4.17. The molecule has 1 heterocycles. The minimum atomic E-state index is -3.68. The Labute approximate surface area is 221 Å². The first kappa shape index (κ1) is 27.1. The maximum atomic E-state index is 13.2. The van der Waals surface area contributed by atoms with E-state index in [2.05, 4.69) is 0 Å². The molecule has 1 fully saturated rings. The molecule has 1 N–H and O–H groups in total. The van der Waals surface area contributed by atoms with Crippen LogP contribution in [0.25, 0.3) is 5.76 Å². The summed E-state index contributed by atoms with van der Waals surface area (Å²) < 4.78 is 37.0. The lowest BCUT2D eigenvalue weighted by molar-refractivity contribution is -0.140. The standard InChI is InChI=1S/C28H28N2O7S/c1-29(2)38(34,35)23-14-12-19(13-15-23)26(31)24-25(30(16-17-36-3)28(33)27(24)32)20-8-7-11-22(18-20)37-21-9-5-4-6-10-21/h4-15,18,25,31H,16-17H2,1-3H3/t25-/m0/s1. The number of para-hydroxylation sites is 1. The van der Waals surface area contributed by atoms with E-state index in [0.717, 1.165) is 4.31 Å². The van der Waals surface area contributed by atoms with Gasteiger partial charge in [-0.2, -0.15) is 0 Å². The summed E-state index contributed by atoms with van der Waals surface area (Å²) in [5, 5.41) is 11.2. The molecule has 38 heavy (non-hydrogen) atoms. The Kier molecular flexibility index (Phi) is 7.96. The van der Waals surface area contributed by atoms with Gasteiger partial charge in [0.05, 0.1) is 23.1 Å². The second kappa shape index (κ2) is 11.2. The highest BCUT2D eigenvalue weighted by atomic mass is 32.2. The Morgan fingerprint density at radius 3 is 2.24 bits per heavy atom. The Morgan fingerprint density at radius 1 is 0.947 bits per heavy atom. The molecule has 0 spiro atoms. The zero-order valence-electron chi connectivity index (χ0n) is 21.2. The van der Waals surface area contributed by atoms with Gasteiger partial charge in [-0.25, -0.2) is 12.7 Å². The average Bonchev–Trinajstić information content (AvgIpc) is 3.17. The van der Waals surface area contributed by atoms with Crippen molar-refractivity contribution in [3.63, 3.8) is 0 Å². The molecule has 0 bridgehead atoms. The van der Waals surface area contributed by atoms with Crippen molar-refractivity contribution in [1.82, 2.24) is 9.21 Å². The predicted molar refractivity (Wildman–Crippen MR) is 141 cm³/mol. The second-order valence-corrected chi connectivity index (χ2v) is 10.9. The smallest absolute Gasteiger partial charge is 0.295 e. The number of amides is 1. The number of sulfonamides is 1. The van der Waals surface area contributed by atoms with Crippen molar-refractivity contribution in [3.05, 3.63) is 95.6 Å². The van der Waals surface area contributed by atoms with Crippen molar-refractivity contribution < 1.29 is 32.6 Å². The Hall–Kier alpha value is -3.99. The fourth-order valence-corrected chi connectivity index (χ4v) is 5.07. The fraction of sp³-hybridized carbons (Fsp3) is 0.214. The number of ketones is 1. The average molecular weight is 537 g/mol. The van der Waals surface area contributed by atoms with Crippen molar-refractivity contribution in [3.8, 4) is 11.5 Å². The van der Waals surface area contributed by atoms with Gasteiger partial charge in [-0.05, 0) is 54.1 Å².